The summed E-state index contributed by atoms with van der Waals surface area (Å²) in [5, 5.41) is 6.98. The van der Waals surface area contributed by atoms with Gasteiger partial charge in [-0.1, -0.05) is 108 Å². The summed E-state index contributed by atoms with van der Waals surface area (Å²) in [5.74, 6) is 1.32. The average molecular weight is 657 g/mol. The Balaban J connectivity index is 1.38. The monoisotopic (exact) mass is 655 g/mol. The van der Waals surface area contributed by atoms with Crippen molar-refractivity contribution < 1.29 is 0 Å². The van der Waals surface area contributed by atoms with Crippen molar-refractivity contribution in [2.24, 2.45) is 0 Å². The molecule has 4 aromatic heterocycles. The fraction of sp³-hybridized carbons (Fsp3) is 0. The second kappa shape index (κ2) is 10.4. The highest BCUT2D eigenvalue weighted by Gasteiger charge is 2.22. The maximum atomic E-state index is 6.47. The van der Waals surface area contributed by atoms with Crippen LogP contribution in [0.3, 0.4) is 0 Å². The van der Waals surface area contributed by atoms with Crippen LogP contribution < -0.4 is 0 Å². The number of halogens is 2. The molecule has 0 spiro atoms. The fourth-order valence-corrected chi connectivity index (χ4v) is 7.57. The number of benzene rings is 6. The van der Waals surface area contributed by atoms with Crippen LogP contribution in [0.25, 0.3) is 88.6 Å². The first-order chi connectivity index (χ1) is 23.6. The van der Waals surface area contributed by atoms with Crippen LogP contribution in [0, 0.1) is 0 Å². The van der Waals surface area contributed by atoms with Crippen molar-refractivity contribution in [2.75, 3.05) is 0 Å². The van der Waals surface area contributed by atoms with E-state index in [1.54, 1.807) is 0 Å². The average Bonchev–Trinajstić information content (AvgIpc) is 3.68. The first-order valence-electron chi connectivity index (χ1n) is 15.7. The van der Waals surface area contributed by atoms with E-state index in [4.69, 9.17) is 38.2 Å². The lowest BCUT2D eigenvalue weighted by molar-refractivity contribution is 1.05. The number of nitrogens with zero attached hydrogens (tertiary/aromatic N) is 5. The van der Waals surface area contributed by atoms with Gasteiger partial charge in [-0.3, -0.25) is 8.97 Å². The van der Waals surface area contributed by atoms with Crippen molar-refractivity contribution >= 4 is 83.4 Å². The van der Waals surface area contributed by atoms with Crippen LogP contribution in [0.2, 0.25) is 10.0 Å². The molecule has 0 amide bonds. The minimum Gasteiger partial charge on any atom is -0.294 e. The van der Waals surface area contributed by atoms with Crippen LogP contribution in [-0.4, -0.2) is 23.9 Å². The number of hydrogen-bond acceptors (Lipinski definition) is 3. The standard InChI is InChI=1S/C41H23Cl2N5/c42-26-11-7-9-24(21-26)33-23-37(46-40(44-33)25-10-8-12-27(43)22-25)47-34-17-5-3-15-31(34)38-36(47)20-19-29-28-13-1-2-14-30(28)41-45-32-16-4-6-18-35(32)48(41)39(29)38/h1-23H. The van der Waals surface area contributed by atoms with Crippen LogP contribution in [0.4, 0.5) is 0 Å². The lowest BCUT2D eigenvalue weighted by Gasteiger charge is -2.13. The summed E-state index contributed by atoms with van der Waals surface area (Å²) < 4.78 is 4.58. The first kappa shape index (κ1) is 27.4. The van der Waals surface area contributed by atoms with Crippen molar-refractivity contribution in [3.63, 3.8) is 0 Å². The van der Waals surface area contributed by atoms with Gasteiger partial charge in [0, 0.05) is 48.8 Å². The summed E-state index contributed by atoms with van der Waals surface area (Å²) in [7, 11) is 0. The minimum absolute atomic E-state index is 0.575. The van der Waals surface area contributed by atoms with Gasteiger partial charge in [-0.15, -0.1) is 0 Å². The largest absolute Gasteiger partial charge is 0.294 e. The third-order valence-electron chi connectivity index (χ3n) is 9.20. The highest BCUT2D eigenvalue weighted by Crippen LogP contribution is 2.41. The van der Waals surface area contributed by atoms with Crippen molar-refractivity contribution in [2.45, 2.75) is 0 Å². The normalized spacial score (nSPS) is 12.0. The van der Waals surface area contributed by atoms with Gasteiger partial charge in [0.2, 0.25) is 0 Å². The molecule has 6 aromatic carbocycles. The molecule has 0 bridgehead atoms. The molecule has 0 fully saturated rings. The first-order valence-corrected chi connectivity index (χ1v) is 16.4. The van der Waals surface area contributed by atoms with Gasteiger partial charge in [0.15, 0.2) is 5.82 Å². The Kier molecular flexibility index (Phi) is 5.92. The van der Waals surface area contributed by atoms with Crippen molar-refractivity contribution in [1.82, 2.24) is 23.9 Å². The van der Waals surface area contributed by atoms with E-state index in [9.17, 15) is 0 Å². The fourth-order valence-electron chi connectivity index (χ4n) is 7.19. The molecule has 0 saturated heterocycles. The molecule has 10 rings (SSSR count). The summed E-state index contributed by atoms with van der Waals surface area (Å²) in [6.45, 7) is 0. The summed E-state index contributed by atoms with van der Waals surface area (Å²) >= 11 is 12.9. The van der Waals surface area contributed by atoms with E-state index in [0.717, 1.165) is 72.0 Å². The van der Waals surface area contributed by atoms with E-state index in [-0.39, 0.29) is 0 Å². The Hall–Kier alpha value is -5.75. The molecule has 0 unspecified atom stereocenters. The van der Waals surface area contributed by atoms with Gasteiger partial charge in [0.25, 0.3) is 0 Å². The Morgan fingerprint density at radius 3 is 1.98 bits per heavy atom. The lowest BCUT2D eigenvalue weighted by atomic mass is 10.0. The molecule has 0 radical (unpaired) electrons. The number of imidazole rings is 1. The highest BCUT2D eigenvalue weighted by molar-refractivity contribution is 6.31. The lowest BCUT2D eigenvalue weighted by Crippen LogP contribution is -2.02. The molecule has 0 saturated carbocycles. The Bertz CT molecular complexity index is 2880. The van der Waals surface area contributed by atoms with Gasteiger partial charge in [-0.25, -0.2) is 15.0 Å². The molecule has 10 aromatic rings. The van der Waals surface area contributed by atoms with Crippen LogP contribution in [0.1, 0.15) is 0 Å². The van der Waals surface area contributed by atoms with Crippen LogP contribution in [-0.2, 0) is 0 Å². The second-order valence-corrected chi connectivity index (χ2v) is 12.8. The van der Waals surface area contributed by atoms with E-state index in [0.29, 0.717) is 15.9 Å². The molecule has 0 aliphatic rings. The van der Waals surface area contributed by atoms with Crippen molar-refractivity contribution in [1.29, 1.82) is 0 Å². The molecule has 226 valence electrons. The van der Waals surface area contributed by atoms with E-state index in [1.165, 1.54) is 10.8 Å². The molecular weight excluding hydrogens is 633 g/mol. The van der Waals surface area contributed by atoms with Crippen LogP contribution >= 0.6 is 23.2 Å². The third kappa shape index (κ3) is 4.02. The van der Waals surface area contributed by atoms with E-state index < -0.39 is 0 Å². The molecule has 0 atom stereocenters. The van der Waals surface area contributed by atoms with Gasteiger partial charge in [0.05, 0.1) is 33.3 Å². The molecule has 7 heteroatoms. The predicted octanol–water partition coefficient (Wildman–Crippen LogP) is 11.3. The molecule has 0 N–H and O–H groups in total. The van der Waals surface area contributed by atoms with Gasteiger partial charge in [-0.2, -0.15) is 0 Å². The predicted molar refractivity (Wildman–Crippen MR) is 199 cm³/mol. The third-order valence-corrected chi connectivity index (χ3v) is 9.67. The Morgan fingerprint density at radius 2 is 1.17 bits per heavy atom. The zero-order valence-electron chi connectivity index (χ0n) is 25.3. The number of para-hydroxylation sites is 3. The second-order valence-electron chi connectivity index (χ2n) is 12.0. The SMILES string of the molecule is Clc1cccc(-c2cc(-n3c4ccccc4c4c3ccc3c5ccccc5c5nc6ccccc6n5c34)nc(-c3cccc(Cl)c3)n2)c1. The van der Waals surface area contributed by atoms with E-state index in [2.05, 4.69) is 87.8 Å². The number of aromatic nitrogens is 5. The smallest absolute Gasteiger partial charge is 0.162 e. The molecule has 48 heavy (non-hydrogen) atoms. The highest BCUT2D eigenvalue weighted by atomic mass is 35.5. The number of hydrogen-bond donors (Lipinski definition) is 0. The number of fused-ring (bicyclic) bond motifs is 12. The maximum absolute atomic E-state index is 6.47. The maximum Gasteiger partial charge on any atom is 0.162 e. The van der Waals surface area contributed by atoms with E-state index in [1.807, 2.05) is 60.7 Å². The van der Waals surface area contributed by atoms with Gasteiger partial charge in [0.1, 0.15) is 11.5 Å². The van der Waals surface area contributed by atoms with E-state index >= 15 is 0 Å². The summed E-state index contributed by atoms with van der Waals surface area (Å²) in [6, 6.07) is 47.4. The number of pyridine rings is 1. The minimum atomic E-state index is 0.575. The molecule has 0 aliphatic carbocycles. The van der Waals surface area contributed by atoms with Crippen LogP contribution in [0.5, 0.6) is 0 Å². The summed E-state index contributed by atoms with van der Waals surface area (Å²) in [5.41, 5.74) is 8.66. The molecule has 5 nitrogen and oxygen atoms in total. The molecular formula is C41H23Cl2N5. The van der Waals surface area contributed by atoms with Gasteiger partial charge < -0.3 is 0 Å². The van der Waals surface area contributed by atoms with Crippen molar-refractivity contribution in [3.05, 3.63) is 150 Å². The van der Waals surface area contributed by atoms with Crippen molar-refractivity contribution in [3.8, 4) is 28.5 Å². The summed E-state index contributed by atoms with van der Waals surface area (Å²) in [6.07, 6.45) is 0. The van der Waals surface area contributed by atoms with Gasteiger partial charge >= 0.3 is 0 Å². The Morgan fingerprint density at radius 1 is 0.479 bits per heavy atom. The zero-order valence-corrected chi connectivity index (χ0v) is 26.8. The zero-order chi connectivity index (χ0) is 31.9. The number of rotatable bonds is 3. The molecule has 4 heterocycles. The van der Waals surface area contributed by atoms with Gasteiger partial charge in [-0.05, 0) is 53.9 Å². The van der Waals surface area contributed by atoms with Crippen LogP contribution in [0.15, 0.2) is 140 Å². The summed E-state index contributed by atoms with van der Waals surface area (Å²) in [4.78, 5) is 15.4. The topological polar surface area (TPSA) is 48.0 Å². The Labute approximate surface area is 284 Å². The molecule has 0 aliphatic heterocycles. The quantitative estimate of drug-likeness (QED) is 0.178.